The Balaban J connectivity index is 0.00000529. The molecule has 0 saturated carbocycles. The van der Waals surface area contributed by atoms with Crippen LogP contribution in [-0.2, 0) is 9.47 Å². The Kier molecular flexibility index (Phi) is 11.4. The summed E-state index contributed by atoms with van der Waals surface area (Å²) in [7, 11) is 1.73. The number of carbonyl (C=O) groups excluding carboxylic acids is 1. The van der Waals surface area contributed by atoms with Crippen LogP contribution in [0.25, 0.3) is 0 Å². The van der Waals surface area contributed by atoms with Crippen LogP contribution < -0.4 is 10.6 Å². The average molecular weight is 456 g/mol. The zero-order chi connectivity index (χ0) is 17.3. The minimum absolute atomic E-state index is 0. The van der Waals surface area contributed by atoms with Crippen molar-refractivity contribution in [2.24, 2.45) is 4.99 Å². The highest BCUT2D eigenvalue weighted by Gasteiger charge is 2.19. The van der Waals surface area contributed by atoms with E-state index < -0.39 is 5.60 Å². The van der Waals surface area contributed by atoms with Crippen LogP contribution in [0.4, 0.5) is 4.79 Å². The van der Waals surface area contributed by atoms with Crippen molar-refractivity contribution in [2.45, 2.75) is 52.2 Å². The quantitative estimate of drug-likeness (QED) is 0.364. The van der Waals surface area contributed by atoms with E-state index in [1.54, 1.807) is 11.9 Å². The van der Waals surface area contributed by atoms with Gasteiger partial charge in [0.05, 0.1) is 12.6 Å². The third-order valence-corrected chi connectivity index (χ3v) is 3.27. The van der Waals surface area contributed by atoms with Crippen LogP contribution in [0.15, 0.2) is 4.99 Å². The van der Waals surface area contributed by atoms with Crippen molar-refractivity contribution in [2.75, 3.05) is 39.8 Å². The lowest BCUT2D eigenvalue weighted by molar-refractivity contribution is 0.0302. The molecule has 2 N–H and O–H groups in total. The Hall–Kier alpha value is -0.770. The van der Waals surface area contributed by atoms with E-state index in [9.17, 15) is 4.79 Å². The summed E-state index contributed by atoms with van der Waals surface area (Å²) in [6.07, 6.45) is 2.10. The monoisotopic (exact) mass is 456 g/mol. The molecule has 0 aromatic carbocycles. The summed E-state index contributed by atoms with van der Waals surface area (Å²) >= 11 is 0. The average Bonchev–Trinajstić information content (AvgIpc) is 2.96. The number of nitrogens with zero attached hydrogens (tertiary/aromatic N) is 2. The van der Waals surface area contributed by atoms with E-state index >= 15 is 0 Å². The maximum atomic E-state index is 11.9. The van der Waals surface area contributed by atoms with Gasteiger partial charge in [-0.05, 0) is 40.5 Å². The van der Waals surface area contributed by atoms with Crippen molar-refractivity contribution in [1.82, 2.24) is 15.5 Å². The van der Waals surface area contributed by atoms with E-state index in [1.807, 2.05) is 27.7 Å². The maximum absolute atomic E-state index is 11.9. The van der Waals surface area contributed by atoms with Crippen LogP contribution >= 0.6 is 24.0 Å². The molecule has 1 rings (SSSR count). The number of halogens is 1. The number of rotatable bonds is 6. The fraction of sp³-hybridized carbons (Fsp3) is 0.875. The van der Waals surface area contributed by atoms with Crippen LogP contribution in [-0.4, -0.2) is 68.5 Å². The van der Waals surface area contributed by atoms with Crippen LogP contribution in [0, 0.1) is 0 Å². The second-order valence-corrected chi connectivity index (χ2v) is 6.68. The molecule has 0 aromatic rings. The minimum atomic E-state index is -0.476. The molecule has 1 heterocycles. The first-order valence-corrected chi connectivity index (χ1v) is 8.39. The molecule has 142 valence electrons. The van der Waals surface area contributed by atoms with Gasteiger partial charge >= 0.3 is 6.09 Å². The molecule has 1 saturated heterocycles. The lowest BCUT2D eigenvalue weighted by Gasteiger charge is -2.25. The highest BCUT2D eigenvalue weighted by Crippen LogP contribution is 2.11. The summed E-state index contributed by atoms with van der Waals surface area (Å²) in [5.41, 5.74) is -0.476. The molecule has 1 unspecified atom stereocenters. The normalized spacial score (nSPS) is 17.9. The molecule has 0 spiro atoms. The highest BCUT2D eigenvalue weighted by molar-refractivity contribution is 14.0. The van der Waals surface area contributed by atoms with Gasteiger partial charge in [-0.25, -0.2) is 4.79 Å². The summed E-state index contributed by atoms with van der Waals surface area (Å²) in [6.45, 7) is 11.0. The van der Waals surface area contributed by atoms with Crippen molar-refractivity contribution < 1.29 is 14.3 Å². The van der Waals surface area contributed by atoms with Gasteiger partial charge in [-0.15, -0.1) is 24.0 Å². The topological polar surface area (TPSA) is 75.2 Å². The fourth-order valence-electron chi connectivity index (χ4n) is 2.10. The summed E-state index contributed by atoms with van der Waals surface area (Å²) in [6, 6.07) is 0. The van der Waals surface area contributed by atoms with Crippen LogP contribution in [0.2, 0.25) is 0 Å². The molecule has 1 aliphatic rings. The maximum Gasteiger partial charge on any atom is 0.410 e. The largest absolute Gasteiger partial charge is 0.444 e. The van der Waals surface area contributed by atoms with Crippen LogP contribution in [0.3, 0.4) is 0 Å². The highest BCUT2D eigenvalue weighted by atomic mass is 127. The van der Waals surface area contributed by atoms with Crippen molar-refractivity contribution in [1.29, 1.82) is 0 Å². The molecule has 0 radical (unpaired) electrons. The van der Waals surface area contributed by atoms with Gasteiger partial charge in [-0.2, -0.15) is 0 Å². The van der Waals surface area contributed by atoms with Crippen molar-refractivity contribution in [3.05, 3.63) is 0 Å². The third-order valence-electron chi connectivity index (χ3n) is 3.27. The van der Waals surface area contributed by atoms with Gasteiger partial charge < -0.3 is 25.0 Å². The van der Waals surface area contributed by atoms with Gasteiger partial charge in [0.2, 0.25) is 0 Å². The van der Waals surface area contributed by atoms with Gasteiger partial charge in [0.15, 0.2) is 5.96 Å². The third kappa shape index (κ3) is 10.2. The molecule has 1 fully saturated rings. The second-order valence-electron chi connectivity index (χ2n) is 6.68. The minimum Gasteiger partial charge on any atom is -0.444 e. The second kappa shape index (κ2) is 11.7. The Labute approximate surface area is 162 Å². The molecule has 7 nitrogen and oxygen atoms in total. The van der Waals surface area contributed by atoms with Crippen LogP contribution in [0.5, 0.6) is 0 Å². The molecule has 24 heavy (non-hydrogen) atoms. The molecule has 0 aliphatic carbocycles. The van der Waals surface area contributed by atoms with Gasteiger partial charge in [0, 0.05) is 33.3 Å². The number of nitrogens with one attached hydrogen (secondary N) is 2. The number of ether oxygens (including phenoxy) is 2. The standard InChI is InChI=1S/C16H32N4O3.HI/c1-6-17-14(19-12-13-8-7-11-22-13)18-9-10-20(5)15(21)23-16(2,3)4;/h13H,6-12H2,1-5H3,(H2,17,18,19);1H. The van der Waals surface area contributed by atoms with Gasteiger partial charge in [0.1, 0.15) is 5.60 Å². The number of hydrogen-bond acceptors (Lipinski definition) is 4. The predicted molar refractivity (Wildman–Crippen MR) is 107 cm³/mol. The Morgan fingerprint density at radius 2 is 2.08 bits per heavy atom. The first-order chi connectivity index (χ1) is 10.8. The molecule has 0 aromatic heterocycles. The predicted octanol–water partition coefficient (Wildman–Crippen LogP) is 2.21. The Morgan fingerprint density at radius 1 is 1.38 bits per heavy atom. The molecule has 1 amide bonds. The van der Waals surface area contributed by atoms with E-state index in [0.717, 1.165) is 32.0 Å². The zero-order valence-electron chi connectivity index (χ0n) is 15.6. The molecule has 8 heteroatoms. The van der Waals surface area contributed by atoms with E-state index in [2.05, 4.69) is 15.6 Å². The van der Waals surface area contributed by atoms with Gasteiger partial charge in [-0.1, -0.05) is 0 Å². The number of likely N-dealkylation sites (N-methyl/N-ethyl adjacent to an activating group) is 1. The summed E-state index contributed by atoms with van der Waals surface area (Å²) in [4.78, 5) is 18.0. The smallest absolute Gasteiger partial charge is 0.410 e. The van der Waals surface area contributed by atoms with E-state index in [4.69, 9.17) is 9.47 Å². The van der Waals surface area contributed by atoms with E-state index in [-0.39, 0.29) is 36.2 Å². The number of amides is 1. The Morgan fingerprint density at radius 3 is 2.62 bits per heavy atom. The summed E-state index contributed by atoms with van der Waals surface area (Å²) < 4.78 is 10.9. The van der Waals surface area contributed by atoms with E-state index in [0.29, 0.717) is 19.6 Å². The molecule has 1 atom stereocenters. The number of guanidine groups is 1. The van der Waals surface area contributed by atoms with Gasteiger partial charge in [0.25, 0.3) is 0 Å². The molecule has 0 bridgehead atoms. The summed E-state index contributed by atoms with van der Waals surface area (Å²) in [5.74, 6) is 0.751. The zero-order valence-corrected chi connectivity index (χ0v) is 17.9. The Bertz CT molecular complexity index is 393. The summed E-state index contributed by atoms with van der Waals surface area (Å²) in [5, 5.41) is 6.42. The first kappa shape index (κ1) is 23.2. The van der Waals surface area contributed by atoms with Crippen molar-refractivity contribution in [3.8, 4) is 0 Å². The molecular weight excluding hydrogens is 423 g/mol. The van der Waals surface area contributed by atoms with Crippen LogP contribution in [0.1, 0.15) is 40.5 Å². The van der Waals surface area contributed by atoms with Crippen molar-refractivity contribution in [3.63, 3.8) is 0 Å². The fourth-order valence-corrected chi connectivity index (χ4v) is 2.10. The van der Waals surface area contributed by atoms with Crippen molar-refractivity contribution >= 4 is 36.0 Å². The number of aliphatic imine (C=N–C) groups is 1. The SMILES string of the molecule is CCNC(=NCC1CCCO1)NCCN(C)C(=O)OC(C)(C)C.I. The van der Waals surface area contributed by atoms with Gasteiger partial charge in [-0.3, -0.25) is 4.99 Å². The lowest BCUT2D eigenvalue weighted by Crippen LogP contribution is -2.43. The van der Waals surface area contributed by atoms with E-state index in [1.165, 1.54) is 0 Å². The molecular formula is C16H33IN4O3. The first-order valence-electron chi connectivity index (χ1n) is 8.39. The lowest BCUT2D eigenvalue weighted by atomic mass is 10.2. The number of hydrogen-bond donors (Lipinski definition) is 2. The number of carbonyl (C=O) groups is 1. The molecule has 1 aliphatic heterocycles.